The van der Waals surface area contributed by atoms with Crippen LogP contribution in [0, 0.1) is 0 Å². The zero-order valence-corrected chi connectivity index (χ0v) is 18.2. The maximum absolute atomic E-state index is 11.8. The van der Waals surface area contributed by atoms with Gasteiger partial charge in [0.1, 0.15) is 11.6 Å². The van der Waals surface area contributed by atoms with Crippen LogP contribution in [0.4, 0.5) is 5.82 Å². The number of hydrogen-bond donors (Lipinski definition) is 2. The number of anilines is 1. The molecule has 0 bridgehead atoms. The number of nitrogens with one attached hydrogen (secondary N) is 2. The Kier molecular flexibility index (Phi) is 6.96. The van der Waals surface area contributed by atoms with Crippen molar-refractivity contribution in [1.82, 2.24) is 19.9 Å². The van der Waals surface area contributed by atoms with E-state index < -0.39 is 0 Å². The van der Waals surface area contributed by atoms with Crippen LogP contribution in [0.15, 0.2) is 53.5 Å². The summed E-state index contributed by atoms with van der Waals surface area (Å²) in [6, 6.07) is 13.4. The zero-order chi connectivity index (χ0) is 21.6. The minimum Gasteiger partial charge on any atom is -0.379 e. The lowest BCUT2D eigenvalue weighted by molar-refractivity contribution is 0.0187. The monoisotopic (exact) mass is 439 g/mol. The van der Waals surface area contributed by atoms with Gasteiger partial charge in [-0.05, 0) is 30.2 Å². The van der Waals surface area contributed by atoms with Crippen LogP contribution in [-0.2, 0) is 11.2 Å². The molecule has 162 valence electrons. The van der Waals surface area contributed by atoms with E-state index in [4.69, 9.17) is 16.3 Å². The second-order valence-electron chi connectivity index (χ2n) is 7.44. The summed E-state index contributed by atoms with van der Waals surface area (Å²) < 4.78 is 5.52. The van der Waals surface area contributed by atoms with Gasteiger partial charge >= 0.3 is 0 Å². The number of nitrogens with zero attached hydrogens (tertiary/aromatic N) is 3. The van der Waals surface area contributed by atoms with E-state index >= 15 is 0 Å². The van der Waals surface area contributed by atoms with Gasteiger partial charge in [0.25, 0.3) is 5.56 Å². The number of aromatic nitrogens is 3. The summed E-state index contributed by atoms with van der Waals surface area (Å²) in [5, 5.41) is 4.19. The van der Waals surface area contributed by atoms with Gasteiger partial charge in [0.05, 0.1) is 19.3 Å². The summed E-state index contributed by atoms with van der Waals surface area (Å²) in [5.41, 5.74) is 2.47. The van der Waals surface area contributed by atoms with E-state index in [1.165, 1.54) is 6.07 Å². The molecule has 1 fully saturated rings. The van der Waals surface area contributed by atoms with Crippen molar-refractivity contribution in [2.45, 2.75) is 19.4 Å². The topological polar surface area (TPSA) is 83.1 Å². The summed E-state index contributed by atoms with van der Waals surface area (Å²) in [5.74, 6) is 1.29. The predicted molar refractivity (Wildman–Crippen MR) is 123 cm³/mol. The SMILES string of the molecule is CCc1cc(=O)[nH]c(-c2ccc(NCC(c3ccccc3Cl)N3CCOCC3)nc2)n1. The second kappa shape index (κ2) is 10.0. The van der Waals surface area contributed by atoms with Crippen molar-refractivity contribution >= 4 is 17.4 Å². The van der Waals surface area contributed by atoms with Gasteiger partial charge in [0.15, 0.2) is 0 Å². The maximum Gasteiger partial charge on any atom is 0.251 e. The average molecular weight is 440 g/mol. The number of aromatic amines is 1. The standard InChI is InChI=1S/C23H26ClN5O2/c1-2-17-13-22(30)28-23(27-17)16-7-8-21(25-14-16)26-15-20(29-9-11-31-12-10-29)18-5-3-4-6-19(18)24/h3-8,13-14,20H,2,9-12,15H2,1H3,(H,25,26)(H,27,28,30). The second-order valence-corrected chi connectivity index (χ2v) is 7.84. The first-order valence-electron chi connectivity index (χ1n) is 10.5. The van der Waals surface area contributed by atoms with E-state index in [0.717, 1.165) is 54.0 Å². The largest absolute Gasteiger partial charge is 0.379 e. The molecule has 31 heavy (non-hydrogen) atoms. The van der Waals surface area contributed by atoms with Gasteiger partial charge in [-0.25, -0.2) is 9.97 Å². The van der Waals surface area contributed by atoms with E-state index in [0.29, 0.717) is 18.8 Å². The lowest BCUT2D eigenvalue weighted by atomic mass is 10.0. The number of halogens is 1. The average Bonchev–Trinajstić information content (AvgIpc) is 2.81. The summed E-state index contributed by atoms with van der Waals surface area (Å²) in [4.78, 5) is 26.0. The predicted octanol–water partition coefficient (Wildman–Crippen LogP) is 3.53. The van der Waals surface area contributed by atoms with E-state index in [1.54, 1.807) is 6.20 Å². The number of ether oxygens (including phenoxy) is 1. The number of aryl methyl sites for hydroxylation is 1. The van der Waals surface area contributed by atoms with E-state index in [1.807, 2.05) is 37.3 Å². The zero-order valence-electron chi connectivity index (χ0n) is 17.5. The minimum absolute atomic E-state index is 0.110. The molecule has 2 aromatic heterocycles. The highest BCUT2D eigenvalue weighted by atomic mass is 35.5. The van der Waals surface area contributed by atoms with Gasteiger partial charge in [0, 0.05) is 48.2 Å². The summed E-state index contributed by atoms with van der Waals surface area (Å²) in [7, 11) is 0. The van der Waals surface area contributed by atoms with Crippen molar-refractivity contribution in [3.63, 3.8) is 0 Å². The number of pyridine rings is 1. The summed E-state index contributed by atoms with van der Waals surface area (Å²) >= 11 is 6.51. The number of morpholine rings is 1. The molecule has 0 amide bonds. The van der Waals surface area contributed by atoms with Crippen LogP contribution in [0.3, 0.4) is 0 Å². The fraction of sp³-hybridized carbons (Fsp3) is 0.348. The van der Waals surface area contributed by atoms with Gasteiger partial charge in [0.2, 0.25) is 0 Å². The molecule has 3 aromatic rings. The van der Waals surface area contributed by atoms with Crippen molar-refractivity contribution < 1.29 is 4.74 Å². The highest BCUT2D eigenvalue weighted by Crippen LogP contribution is 2.28. The first-order chi connectivity index (χ1) is 15.1. The fourth-order valence-electron chi connectivity index (χ4n) is 3.74. The molecule has 2 N–H and O–H groups in total. The summed E-state index contributed by atoms with van der Waals surface area (Å²) in [6.07, 6.45) is 2.42. The Hall–Kier alpha value is -2.74. The molecule has 4 rings (SSSR count). The first-order valence-corrected chi connectivity index (χ1v) is 10.9. The highest BCUT2D eigenvalue weighted by molar-refractivity contribution is 6.31. The molecule has 0 aliphatic carbocycles. The molecule has 0 spiro atoms. The number of H-pyrrole nitrogens is 1. The molecule has 0 radical (unpaired) electrons. The number of hydrogen-bond acceptors (Lipinski definition) is 6. The third-order valence-corrected chi connectivity index (χ3v) is 5.77. The Balaban J connectivity index is 1.50. The van der Waals surface area contributed by atoms with Crippen LogP contribution in [0.5, 0.6) is 0 Å². The highest BCUT2D eigenvalue weighted by Gasteiger charge is 2.24. The van der Waals surface area contributed by atoms with Crippen LogP contribution in [0.2, 0.25) is 5.02 Å². The Morgan fingerprint density at radius 1 is 1.23 bits per heavy atom. The molecule has 8 heteroatoms. The maximum atomic E-state index is 11.8. The van der Waals surface area contributed by atoms with E-state index in [-0.39, 0.29) is 11.6 Å². The molecule has 1 atom stereocenters. The van der Waals surface area contributed by atoms with Crippen molar-refractivity contribution in [2.24, 2.45) is 0 Å². The lowest BCUT2D eigenvalue weighted by Gasteiger charge is -2.35. The van der Waals surface area contributed by atoms with Crippen LogP contribution in [0.25, 0.3) is 11.4 Å². The van der Waals surface area contributed by atoms with Gasteiger partial charge in [-0.15, -0.1) is 0 Å². The molecular weight excluding hydrogens is 414 g/mol. The van der Waals surface area contributed by atoms with Crippen LogP contribution in [0.1, 0.15) is 24.2 Å². The Morgan fingerprint density at radius 3 is 2.74 bits per heavy atom. The van der Waals surface area contributed by atoms with Crippen molar-refractivity contribution in [1.29, 1.82) is 0 Å². The third-order valence-electron chi connectivity index (χ3n) is 5.42. The molecule has 1 saturated heterocycles. The smallest absolute Gasteiger partial charge is 0.251 e. The van der Waals surface area contributed by atoms with E-state index in [9.17, 15) is 4.79 Å². The van der Waals surface area contributed by atoms with Crippen LogP contribution >= 0.6 is 11.6 Å². The van der Waals surface area contributed by atoms with Crippen molar-refractivity contribution in [2.75, 3.05) is 38.2 Å². The van der Waals surface area contributed by atoms with Crippen LogP contribution < -0.4 is 10.9 Å². The normalized spacial score (nSPS) is 15.5. The molecular formula is C23H26ClN5O2. The van der Waals surface area contributed by atoms with Crippen molar-refractivity contribution in [3.8, 4) is 11.4 Å². The third kappa shape index (κ3) is 5.31. The number of benzene rings is 1. The van der Waals surface area contributed by atoms with Crippen molar-refractivity contribution in [3.05, 3.63) is 75.3 Å². The van der Waals surface area contributed by atoms with Gasteiger partial charge < -0.3 is 15.0 Å². The minimum atomic E-state index is -0.155. The lowest BCUT2D eigenvalue weighted by Crippen LogP contribution is -2.41. The molecule has 1 aliphatic rings. The Bertz CT molecular complexity index is 1060. The molecule has 1 unspecified atom stereocenters. The van der Waals surface area contributed by atoms with Gasteiger partial charge in [-0.2, -0.15) is 0 Å². The Morgan fingerprint density at radius 2 is 2.03 bits per heavy atom. The van der Waals surface area contributed by atoms with Crippen LogP contribution in [-0.4, -0.2) is 52.7 Å². The first kappa shape index (κ1) is 21.5. The number of rotatable bonds is 7. The molecule has 1 aromatic carbocycles. The Labute approximate surface area is 186 Å². The van der Waals surface area contributed by atoms with E-state index in [2.05, 4.69) is 31.2 Å². The molecule has 7 nitrogen and oxygen atoms in total. The molecule has 0 saturated carbocycles. The van der Waals surface area contributed by atoms with Gasteiger partial charge in [-0.3, -0.25) is 9.69 Å². The van der Waals surface area contributed by atoms with Gasteiger partial charge in [-0.1, -0.05) is 36.7 Å². The quantitative estimate of drug-likeness (QED) is 0.586. The summed E-state index contributed by atoms with van der Waals surface area (Å²) in [6.45, 7) is 5.79. The fourth-order valence-corrected chi connectivity index (χ4v) is 4.00. The molecule has 3 heterocycles. The molecule has 1 aliphatic heterocycles.